The topological polar surface area (TPSA) is 87.7 Å². The number of ether oxygens (including phenoxy) is 1. The van der Waals surface area contributed by atoms with E-state index in [9.17, 15) is 14.4 Å². The monoisotopic (exact) mass is 477 g/mol. The van der Waals surface area contributed by atoms with Gasteiger partial charge >= 0.3 is 0 Å². The summed E-state index contributed by atoms with van der Waals surface area (Å²) in [4.78, 5) is 40.8. The number of nitrogens with one attached hydrogen (secondary N) is 2. The third-order valence-electron chi connectivity index (χ3n) is 5.45. The van der Waals surface area contributed by atoms with E-state index in [-0.39, 0.29) is 43.5 Å². The van der Waals surface area contributed by atoms with Crippen LogP contribution < -0.4 is 10.6 Å². The van der Waals surface area contributed by atoms with Crippen LogP contribution in [-0.2, 0) is 14.3 Å². The van der Waals surface area contributed by atoms with E-state index in [0.29, 0.717) is 15.5 Å². The van der Waals surface area contributed by atoms with Gasteiger partial charge < -0.3 is 20.3 Å². The summed E-state index contributed by atoms with van der Waals surface area (Å²) in [5.41, 5.74) is 0.652. The van der Waals surface area contributed by atoms with Gasteiger partial charge in [-0.05, 0) is 42.0 Å². The first-order chi connectivity index (χ1) is 15.5. The van der Waals surface area contributed by atoms with Crippen molar-refractivity contribution in [3.05, 3.63) is 57.2 Å². The van der Waals surface area contributed by atoms with E-state index in [2.05, 4.69) is 10.6 Å². The first-order valence-corrected chi connectivity index (χ1v) is 11.9. The fraction of sp³-hybridized carbons (Fsp3) is 0.435. The number of thiophene rings is 1. The van der Waals surface area contributed by atoms with Crippen molar-refractivity contribution in [3.63, 3.8) is 0 Å². The van der Waals surface area contributed by atoms with Crippen LogP contribution in [0, 0.1) is 0 Å². The van der Waals surface area contributed by atoms with Gasteiger partial charge in [-0.25, -0.2) is 0 Å². The number of carbonyl (C=O) groups excluding carboxylic acids is 3. The molecule has 1 atom stereocenters. The zero-order chi connectivity index (χ0) is 22.9. The number of hydrogen-bond acceptors (Lipinski definition) is 5. The van der Waals surface area contributed by atoms with E-state index in [1.54, 1.807) is 41.8 Å². The summed E-state index contributed by atoms with van der Waals surface area (Å²) < 4.78 is 5.19. The lowest BCUT2D eigenvalue weighted by molar-refractivity contribution is -0.141. The molecule has 7 nitrogen and oxygen atoms in total. The van der Waals surface area contributed by atoms with Crippen LogP contribution in [0.15, 0.2) is 41.8 Å². The molecule has 1 heterocycles. The number of carbonyl (C=O) groups is 3. The zero-order valence-corrected chi connectivity index (χ0v) is 19.6. The number of amides is 3. The summed E-state index contributed by atoms with van der Waals surface area (Å²) in [6, 6.07) is 9.62. The van der Waals surface area contributed by atoms with Crippen LogP contribution in [-0.4, -0.2) is 55.5 Å². The van der Waals surface area contributed by atoms with Crippen molar-refractivity contribution in [1.29, 1.82) is 0 Å². The molecule has 2 N–H and O–H groups in total. The molecule has 0 aliphatic heterocycles. The van der Waals surface area contributed by atoms with Gasteiger partial charge in [0.05, 0.1) is 18.0 Å². The number of benzene rings is 1. The Kier molecular flexibility index (Phi) is 9.08. The highest BCUT2D eigenvalue weighted by atomic mass is 35.5. The fourth-order valence-corrected chi connectivity index (χ4v) is 4.57. The second-order valence-electron chi connectivity index (χ2n) is 7.68. The zero-order valence-electron chi connectivity index (χ0n) is 18.0. The third-order valence-corrected chi connectivity index (χ3v) is 6.57. The lowest BCUT2D eigenvalue weighted by Gasteiger charge is -2.32. The van der Waals surface area contributed by atoms with Gasteiger partial charge in [0.2, 0.25) is 11.8 Å². The van der Waals surface area contributed by atoms with E-state index < -0.39 is 6.04 Å². The molecule has 1 aliphatic rings. The summed E-state index contributed by atoms with van der Waals surface area (Å²) in [6.07, 6.45) is 4.03. The molecule has 0 spiro atoms. The number of nitrogens with zero attached hydrogens (tertiary/aromatic N) is 1. The Bertz CT molecular complexity index is 898. The van der Waals surface area contributed by atoms with Crippen molar-refractivity contribution in [1.82, 2.24) is 15.5 Å². The van der Waals surface area contributed by atoms with E-state index in [4.69, 9.17) is 16.3 Å². The second-order valence-corrected chi connectivity index (χ2v) is 9.07. The van der Waals surface area contributed by atoms with E-state index in [1.165, 1.54) is 23.3 Å². The van der Waals surface area contributed by atoms with E-state index >= 15 is 0 Å². The van der Waals surface area contributed by atoms with Gasteiger partial charge in [0, 0.05) is 24.7 Å². The lowest BCUT2D eigenvalue weighted by atomic mass is 10.0. The average molecular weight is 478 g/mol. The van der Waals surface area contributed by atoms with Gasteiger partial charge in [-0.15, -0.1) is 11.3 Å². The van der Waals surface area contributed by atoms with Crippen LogP contribution in [0.25, 0.3) is 0 Å². The fourth-order valence-electron chi connectivity index (χ4n) is 3.81. The molecule has 1 fully saturated rings. The van der Waals surface area contributed by atoms with Gasteiger partial charge in [0.25, 0.3) is 5.91 Å². The molecule has 1 aromatic carbocycles. The van der Waals surface area contributed by atoms with Gasteiger partial charge in [0.1, 0.15) is 6.04 Å². The molecule has 3 rings (SSSR count). The quantitative estimate of drug-likeness (QED) is 0.549. The van der Waals surface area contributed by atoms with Crippen LogP contribution in [0.3, 0.4) is 0 Å². The maximum atomic E-state index is 13.4. The Balaban J connectivity index is 1.81. The molecule has 1 aromatic heterocycles. The maximum Gasteiger partial charge on any atom is 0.261 e. The van der Waals surface area contributed by atoms with Crippen molar-refractivity contribution < 1.29 is 19.1 Å². The maximum absolute atomic E-state index is 13.4. The summed E-state index contributed by atoms with van der Waals surface area (Å²) in [5, 5.41) is 8.10. The molecule has 0 unspecified atom stereocenters. The molecular formula is C23H28ClN3O4S. The van der Waals surface area contributed by atoms with E-state index in [1.807, 2.05) is 0 Å². The van der Waals surface area contributed by atoms with Crippen LogP contribution in [0.2, 0.25) is 5.02 Å². The molecule has 0 radical (unpaired) electrons. The predicted octanol–water partition coefficient (Wildman–Crippen LogP) is 3.41. The smallest absolute Gasteiger partial charge is 0.261 e. The minimum Gasteiger partial charge on any atom is -0.383 e. The highest BCUT2D eigenvalue weighted by molar-refractivity contribution is 7.12. The van der Waals surface area contributed by atoms with Gasteiger partial charge in [-0.1, -0.05) is 42.6 Å². The van der Waals surface area contributed by atoms with Gasteiger partial charge in [-0.2, -0.15) is 0 Å². The van der Waals surface area contributed by atoms with Crippen molar-refractivity contribution in [2.45, 2.75) is 37.8 Å². The third kappa shape index (κ3) is 6.54. The molecule has 32 heavy (non-hydrogen) atoms. The Hall–Kier alpha value is -2.42. The minimum absolute atomic E-state index is 0.107. The molecular weight excluding hydrogens is 450 g/mol. The molecule has 2 aromatic rings. The number of methoxy groups -OCH3 is 1. The Morgan fingerprint density at radius 2 is 1.91 bits per heavy atom. The van der Waals surface area contributed by atoms with Crippen molar-refractivity contribution in [3.8, 4) is 0 Å². The summed E-state index contributed by atoms with van der Waals surface area (Å²) >= 11 is 7.34. The van der Waals surface area contributed by atoms with Crippen molar-refractivity contribution >= 4 is 40.7 Å². The second kappa shape index (κ2) is 12.0. The van der Waals surface area contributed by atoms with Crippen molar-refractivity contribution in [2.75, 3.05) is 26.8 Å². The van der Waals surface area contributed by atoms with Gasteiger partial charge in [0.15, 0.2) is 0 Å². The normalized spacial score (nSPS) is 14.7. The van der Waals surface area contributed by atoms with Gasteiger partial charge in [-0.3, -0.25) is 14.4 Å². The highest BCUT2D eigenvalue weighted by Gasteiger charge is 2.33. The Morgan fingerprint density at radius 1 is 1.19 bits per heavy atom. The largest absolute Gasteiger partial charge is 0.383 e. The van der Waals surface area contributed by atoms with Crippen LogP contribution >= 0.6 is 22.9 Å². The van der Waals surface area contributed by atoms with Crippen LogP contribution in [0.4, 0.5) is 0 Å². The molecule has 0 bridgehead atoms. The standard InChI is InChI=1S/C23H28ClN3O4S/c1-31-13-12-27(20(28)15-25-22(29)19-7-4-14-32-19)21(16-8-10-17(24)11-9-16)23(30)26-18-5-2-3-6-18/h4,7-11,14,18,21H,2-3,5-6,12-13,15H2,1H3,(H,25,29)(H,26,30)/t21-/m1/s1. The predicted molar refractivity (Wildman–Crippen MR) is 125 cm³/mol. The molecule has 172 valence electrons. The van der Waals surface area contributed by atoms with E-state index in [0.717, 1.165) is 25.7 Å². The number of halogens is 1. The Morgan fingerprint density at radius 3 is 2.53 bits per heavy atom. The first-order valence-electron chi connectivity index (χ1n) is 10.7. The number of hydrogen-bond donors (Lipinski definition) is 2. The summed E-state index contributed by atoms with van der Waals surface area (Å²) in [7, 11) is 1.54. The number of rotatable bonds is 10. The SMILES string of the molecule is COCCN(C(=O)CNC(=O)c1cccs1)[C@@H](C(=O)NC1CCCC1)c1ccc(Cl)cc1. The molecule has 1 saturated carbocycles. The molecule has 9 heteroatoms. The summed E-state index contributed by atoms with van der Waals surface area (Å²) in [5.74, 6) is -0.930. The Labute approximate surface area is 197 Å². The molecule has 0 saturated heterocycles. The molecule has 3 amide bonds. The summed E-state index contributed by atoms with van der Waals surface area (Å²) in [6.45, 7) is 0.238. The molecule has 1 aliphatic carbocycles. The van der Waals surface area contributed by atoms with Crippen molar-refractivity contribution in [2.24, 2.45) is 0 Å². The lowest BCUT2D eigenvalue weighted by Crippen LogP contribution is -2.49. The van der Waals surface area contributed by atoms with Crippen LogP contribution in [0.1, 0.15) is 47.0 Å². The van der Waals surface area contributed by atoms with Crippen LogP contribution in [0.5, 0.6) is 0 Å². The average Bonchev–Trinajstić information content (AvgIpc) is 3.50. The highest BCUT2D eigenvalue weighted by Crippen LogP contribution is 2.25. The minimum atomic E-state index is -0.853. The first kappa shape index (κ1) is 24.2.